The van der Waals surface area contributed by atoms with E-state index in [0.29, 0.717) is 13.0 Å². The fourth-order valence-corrected chi connectivity index (χ4v) is 2.70. The lowest BCUT2D eigenvalue weighted by Gasteiger charge is -2.21. The molecule has 0 bridgehead atoms. The predicted molar refractivity (Wildman–Crippen MR) is 88.7 cm³/mol. The van der Waals surface area contributed by atoms with Crippen molar-refractivity contribution in [3.05, 3.63) is 29.8 Å². The minimum atomic E-state index is -0.253. The van der Waals surface area contributed by atoms with Crippen molar-refractivity contribution in [3.8, 4) is 0 Å². The minimum absolute atomic E-state index is 0.0678. The fraction of sp³-hybridized carbons (Fsp3) is 0.556. The molecular weight excluding hydrogens is 276 g/mol. The first-order chi connectivity index (χ1) is 10.2. The van der Waals surface area contributed by atoms with Gasteiger partial charge in [-0.3, -0.25) is 9.59 Å². The lowest BCUT2D eigenvalue weighted by Crippen LogP contribution is -2.33. The minimum Gasteiger partial charge on any atom is -0.339 e. The van der Waals surface area contributed by atoms with E-state index < -0.39 is 0 Å². The Bertz CT molecular complexity index is 555. The van der Waals surface area contributed by atoms with Gasteiger partial charge in [0.1, 0.15) is 0 Å². The van der Waals surface area contributed by atoms with Gasteiger partial charge in [-0.1, -0.05) is 32.9 Å². The van der Waals surface area contributed by atoms with E-state index in [9.17, 15) is 9.59 Å². The van der Waals surface area contributed by atoms with Gasteiger partial charge in [0.2, 0.25) is 11.8 Å². The standard InChI is InChI=1S/C18H26N2O2/c1-12(2)20-11-13(10-16(20)21)17(22)19-15-8-6-14(7-9-15)18(3,4)5/h6-9,12-13H,10-11H2,1-5H3,(H,19,22)/t13-/m0/s1. The zero-order chi connectivity index (χ0) is 16.5. The average Bonchev–Trinajstić information content (AvgIpc) is 2.80. The quantitative estimate of drug-likeness (QED) is 0.932. The summed E-state index contributed by atoms with van der Waals surface area (Å²) in [5, 5.41) is 2.92. The average molecular weight is 302 g/mol. The summed E-state index contributed by atoms with van der Waals surface area (Å²) in [7, 11) is 0. The van der Waals surface area contributed by atoms with Gasteiger partial charge in [-0.05, 0) is 37.0 Å². The van der Waals surface area contributed by atoms with Gasteiger partial charge in [0, 0.05) is 24.7 Å². The third-order valence-electron chi connectivity index (χ3n) is 4.17. The molecule has 1 aliphatic heterocycles. The van der Waals surface area contributed by atoms with Crippen LogP contribution in [0, 0.1) is 5.92 Å². The molecule has 2 amide bonds. The number of amides is 2. The van der Waals surface area contributed by atoms with E-state index in [1.54, 1.807) is 4.90 Å². The van der Waals surface area contributed by atoms with Gasteiger partial charge in [0.05, 0.1) is 5.92 Å². The molecule has 0 radical (unpaired) electrons. The Morgan fingerprint density at radius 1 is 1.23 bits per heavy atom. The van der Waals surface area contributed by atoms with Crippen LogP contribution in [0.2, 0.25) is 0 Å². The summed E-state index contributed by atoms with van der Waals surface area (Å²) in [6, 6.07) is 8.08. The van der Waals surface area contributed by atoms with E-state index in [4.69, 9.17) is 0 Å². The van der Waals surface area contributed by atoms with Crippen LogP contribution < -0.4 is 5.32 Å². The number of nitrogens with zero attached hydrogens (tertiary/aromatic N) is 1. The molecule has 1 aromatic rings. The first-order valence-corrected chi connectivity index (χ1v) is 7.89. The maximum Gasteiger partial charge on any atom is 0.229 e. The van der Waals surface area contributed by atoms with E-state index in [0.717, 1.165) is 5.69 Å². The summed E-state index contributed by atoms with van der Waals surface area (Å²) in [5.74, 6) is -0.254. The first-order valence-electron chi connectivity index (χ1n) is 7.89. The van der Waals surface area contributed by atoms with E-state index in [1.807, 2.05) is 38.1 Å². The summed E-state index contributed by atoms with van der Waals surface area (Å²) in [6.45, 7) is 10.9. The highest BCUT2D eigenvalue weighted by Crippen LogP contribution is 2.25. The molecule has 4 heteroatoms. The zero-order valence-corrected chi connectivity index (χ0v) is 14.1. The lowest BCUT2D eigenvalue weighted by molar-refractivity contribution is -0.129. The number of hydrogen-bond acceptors (Lipinski definition) is 2. The molecule has 1 fully saturated rings. The Morgan fingerprint density at radius 2 is 1.82 bits per heavy atom. The topological polar surface area (TPSA) is 49.4 Å². The van der Waals surface area contributed by atoms with Crippen molar-refractivity contribution < 1.29 is 9.59 Å². The van der Waals surface area contributed by atoms with Crippen LogP contribution >= 0.6 is 0 Å². The van der Waals surface area contributed by atoms with Gasteiger partial charge in [0.25, 0.3) is 0 Å². The number of likely N-dealkylation sites (tertiary alicyclic amines) is 1. The molecule has 0 unspecified atom stereocenters. The second-order valence-corrected chi connectivity index (χ2v) is 7.36. The second kappa shape index (κ2) is 6.11. The molecule has 1 heterocycles. The van der Waals surface area contributed by atoms with E-state index in [-0.39, 0.29) is 29.2 Å². The fourth-order valence-electron chi connectivity index (χ4n) is 2.70. The van der Waals surface area contributed by atoms with Gasteiger partial charge in [-0.25, -0.2) is 0 Å². The Balaban J connectivity index is 2.00. The molecule has 2 rings (SSSR count). The third-order valence-corrected chi connectivity index (χ3v) is 4.17. The van der Waals surface area contributed by atoms with Gasteiger partial charge in [-0.2, -0.15) is 0 Å². The summed E-state index contributed by atoms with van der Waals surface area (Å²) in [4.78, 5) is 26.0. The van der Waals surface area contributed by atoms with Gasteiger partial charge >= 0.3 is 0 Å². The Labute approximate surface area is 132 Å². The van der Waals surface area contributed by atoms with E-state index in [1.165, 1.54) is 5.56 Å². The maximum atomic E-state index is 12.3. The molecule has 22 heavy (non-hydrogen) atoms. The van der Waals surface area contributed by atoms with Crippen LogP contribution in [0.5, 0.6) is 0 Å². The van der Waals surface area contributed by atoms with Crippen LogP contribution in [0.1, 0.15) is 46.6 Å². The Morgan fingerprint density at radius 3 is 2.27 bits per heavy atom. The molecule has 1 saturated heterocycles. The number of nitrogens with one attached hydrogen (secondary N) is 1. The number of anilines is 1. The number of hydrogen-bond donors (Lipinski definition) is 1. The van der Waals surface area contributed by atoms with Crippen molar-refractivity contribution in [2.45, 2.75) is 52.5 Å². The molecule has 0 aromatic heterocycles. The summed E-state index contributed by atoms with van der Waals surface area (Å²) >= 11 is 0. The Kier molecular flexibility index (Phi) is 4.59. The molecule has 4 nitrogen and oxygen atoms in total. The highest BCUT2D eigenvalue weighted by molar-refractivity contribution is 5.97. The van der Waals surface area contributed by atoms with Crippen LogP contribution in [-0.2, 0) is 15.0 Å². The van der Waals surface area contributed by atoms with Gasteiger partial charge < -0.3 is 10.2 Å². The summed E-state index contributed by atoms with van der Waals surface area (Å²) < 4.78 is 0. The van der Waals surface area contributed by atoms with E-state index >= 15 is 0 Å². The van der Waals surface area contributed by atoms with Gasteiger partial charge in [0.15, 0.2) is 0 Å². The highest BCUT2D eigenvalue weighted by atomic mass is 16.2. The van der Waals surface area contributed by atoms with Crippen LogP contribution in [0.4, 0.5) is 5.69 Å². The predicted octanol–water partition coefficient (Wildman–Crippen LogP) is 3.18. The normalized spacial score (nSPS) is 18.9. The van der Waals surface area contributed by atoms with Crippen molar-refractivity contribution in [2.75, 3.05) is 11.9 Å². The highest BCUT2D eigenvalue weighted by Gasteiger charge is 2.35. The Hall–Kier alpha value is -1.84. The van der Waals surface area contributed by atoms with Crippen LogP contribution in [0.25, 0.3) is 0 Å². The monoisotopic (exact) mass is 302 g/mol. The van der Waals surface area contributed by atoms with Crippen molar-refractivity contribution >= 4 is 17.5 Å². The number of carbonyl (C=O) groups excluding carboxylic acids is 2. The van der Waals surface area contributed by atoms with Crippen LogP contribution in [0.3, 0.4) is 0 Å². The molecule has 120 valence electrons. The van der Waals surface area contributed by atoms with Crippen molar-refractivity contribution in [2.24, 2.45) is 5.92 Å². The van der Waals surface area contributed by atoms with E-state index in [2.05, 4.69) is 26.1 Å². The zero-order valence-electron chi connectivity index (χ0n) is 14.1. The summed E-state index contributed by atoms with van der Waals surface area (Å²) in [5.41, 5.74) is 2.11. The van der Waals surface area contributed by atoms with Crippen LogP contribution in [0.15, 0.2) is 24.3 Å². The van der Waals surface area contributed by atoms with Crippen molar-refractivity contribution in [3.63, 3.8) is 0 Å². The van der Waals surface area contributed by atoms with Gasteiger partial charge in [-0.15, -0.1) is 0 Å². The summed E-state index contributed by atoms with van der Waals surface area (Å²) in [6.07, 6.45) is 0.310. The molecule has 1 atom stereocenters. The molecule has 0 saturated carbocycles. The maximum absolute atomic E-state index is 12.3. The lowest BCUT2D eigenvalue weighted by atomic mass is 9.87. The third kappa shape index (κ3) is 3.67. The SMILES string of the molecule is CC(C)N1C[C@@H](C(=O)Nc2ccc(C(C)(C)C)cc2)CC1=O. The molecule has 0 aliphatic carbocycles. The molecular formula is C18H26N2O2. The second-order valence-electron chi connectivity index (χ2n) is 7.36. The molecule has 1 aromatic carbocycles. The number of benzene rings is 1. The largest absolute Gasteiger partial charge is 0.339 e. The smallest absolute Gasteiger partial charge is 0.229 e. The number of carbonyl (C=O) groups is 2. The molecule has 1 N–H and O–H groups in total. The molecule has 0 spiro atoms. The van der Waals surface area contributed by atoms with Crippen molar-refractivity contribution in [1.29, 1.82) is 0 Å². The first kappa shape index (κ1) is 16.5. The van der Waals surface area contributed by atoms with Crippen molar-refractivity contribution in [1.82, 2.24) is 4.90 Å². The number of rotatable bonds is 3. The van der Waals surface area contributed by atoms with Crippen LogP contribution in [-0.4, -0.2) is 29.3 Å². The molecule has 1 aliphatic rings.